The molecule has 4 heterocycles. The number of aliphatic hydroxyl groups is 1. The molecule has 2 aromatic heterocycles. The summed E-state index contributed by atoms with van der Waals surface area (Å²) in [7, 11) is 0. The van der Waals surface area contributed by atoms with Gasteiger partial charge in [0.15, 0.2) is 0 Å². The summed E-state index contributed by atoms with van der Waals surface area (Å²) in [5, 5.41) is 30.7. The van der Waals surface area contributed by atoms with Gasteiger partial charge in [-0.15, -0.1) is 0 Å². The quantitative estimate of drug-likeness (QED) is 0.636. The molecule has 10 heteroatoms. The largest absolute Gasteiger partial charge is 0.391 e. The smallest absolute Gasteiger partial charge is 0.322 e. The van der Waals surface area contributed by atoms with Crippen molar-refractivity contribution in [2.45, 2.75) is 32.0 Å². The number of nitriles is 1. The third-order valence-corrected chi connectivity index (χ3v) is 5.43. The number of fused-ring (bicyclic) bond motifs is 5. The molecule has 0 fully saturated rings. The highest BCUT2D eigenvalue weighted by molar-refractivity contribution is 5.89. The average Bonchev–Trinajstić information content (AvgIpc) is 3.29. The van der Waals surface area contributed by atoms with Gasteiger partial charge < -0.3 is 19.8 Å². The third-order valence-electron chi connectivity index (χ3n) is 5.43. The van der Waals surface area contributed by atoms with Crippen LogP contribution >= 0.6 is 0 Å². The van der Waals surface area contributed by atoms with Gasteiger partial charge in [-0.25, -0.2) is 9.18 Å². The topological polar surface area (TPSA) is 120 Å². The number of carbonyl (C=O) groups excluding carboxylic acids is 1. The molecule has 1 atom stereocenters. The highest BCUT2D eigenvalue weighted by atomic mass is 19.1. The SMILES string of the molecule is N#Cc1cc(NC(=O)N2CCc3nn4c(c3C2)-c2nocc2CC(O)C4)ccc1F. The van der Waals surface area contributed by atoms with E-state index in [1.807, 2.05) is 0 Å². The first-order valence-corrected chi connectivity index (χ1v) is 9.49. The molecule has 2 N–H and O–H groups in total. The van der Waals surface area contributed by atoms with Crippen LogP contribution in [0.15, 0.2) is 29.0 Å². The number of nitrogens with zero attached hydrogens (tertiary/aromatic N) is 5. The van der Waals surface area contributed by atoms with Crippen LogP contribution in [-0.4, -0.2) is 43.6 Å². The molecular weight excluding hydrogens is 391 g/mol. The summed E-state index contributed by atoms with van der Waals surface area (Å²) in [5.74, 6) is -0.633. The van der Waals surface area contributed by atoms with Gasteiger partial charge in [0, 0.05) is 36.2 Å². The Bertz CT molecular complexity index is 1190. The maximum absolute atomic E-state index is 13.5. The molecule has 2 aliphatic rings. The summed E-state index contributed by atoms with van der Waals surface area (Å²) >= 11 is 0. The van der Waals surface area contributed by atoms with Crippen molar-refractivity contribution in [3.05, 3.63) is 52.7 Å². The van der Waals surface area contributed by atoms with Crippen LogP contribution in [0.3, 0.4) is 0 Å². The number of aromatic nitrogens is 3. The maximum Gasteiger partial charge on any atom is 0.322 e. The molecule has 0 spiro atoms. The van der Waals surface area contributed by atoms with E-state index in [4.69, 9.17) is 9.78 Å². The van der Waals surface area contributed by atoms with Gasteiger partial charge in [-0.05, 0) is 18.2 Å². The van der Waals surface area contributed by atoms with Gasteiger partial charge in [-0.1, -0.05) is 5.16 Å². The number of hydrogen-bond acceptors (Lipinski definition) is 6. The fraction of sp³-hybridized carbons (Fsp3) is 0.300. The summed E-state index contributed by atoms with van der Waals surface area (Å²) in [6.07, 6.45) is 1.91. The number of rotatable bonds is 1. The zero-order chi connectivity index (χ0) is 20.8. The third kappa shape index (κ3) is 3.00. The lowest BCUT2D eigenvalue weighted by atomic mass is 10.0. The Morgan fingerprint density at radius 1 is 1.43 bits per heavy atom. The predicted molar refractivity (Wildman–Crippen MR) is 102 cm³/mol. The average molecular weight is 408 g/mol. The molecule has 0 saturated carbocycles. The Morgan fingerprint density at radius 2 is 2.30 bits per heavy atom. The van der Waals surface area contributed by atoms with Crippen molar-refractivity contribution in [1.82, 2.24) is 19.8 Å². The molecule has 2 aliphatic heterocycles. The second kappa shape index (κ2) is 6.96. The van der Waals surface area contributed by atoms with Crippen LogP contribution in [0, 0.1) is 17.1 Å². The van der Waals surface area contributed by atoms with E-state index in [0.717, 1.165) is 28.6 Å². The second-order valence-electron chi connectivity index (χ2n) is 7.41. The minimum atomic E-state index is -0.633. The Balaban J connectivity index is 1.43. The first-order chi connectivity index (χ1) is 14.5. The summed E-state index contributed by atoms with van der Waals surface area (Å²) in [6, 6.07) is 5.27. The number of hydrogen-bond donors (Lipinski definition) is 2. The molecule has 30 heavy (non-hydrogen) atoms. The molecule has 0 aliphatic carbocycles. The molecule has 0 saturated heterocycles. The minimum Gasteiger partial charge on any atom is -0.391 e. The van der Waals surface area contributed by atoms with Crippen LogP contribution in [0.2, 0.25) is 0 Å². The predicted octanol–water partition coefficient (Wildman–Crippen LogP) is 2.06. The van der Waals surface area contributed by atoms with Crippen LogP contribution in [-0.2, 0) is 25.9 Å². The fourth-order valence-corrected chi connectivity index (χ4v) is 4.00. The molecule has 0 bridgehead atoms. The van der Waals surface area contributed by atoms with E-state index in [0.29, 0.717) is 43.9 Å². The molecule has 9 nitrogen and oxygen atoms in total. The van der Waals surface area contributed by atoms with Crippen molar-refractivity contribution in [2.24, 2.45) is 0 Å². The van der Waals surface area contributed by atoms with Crippen LogP contribution < -0.4 is 5.32 Å². The van der Waals surface area contributed by atoms with E-state index in [1.165, 1.54) is 18.4 Å². The van der Waals surface area contributed by atoms with Crippen LogP contribution in [0.25, 0.3) is 11.4 Å². The van der Waals surface area contributed by atoms with Gasteiger partial charge in [-0.2, -0.15) is 10.4 Å². The highest BCUT2D eigenvalue weighted by Crippen LogP contribution is 2.34. The molecule has 3 aromatic rings. The lowest BCUT2D eigenvalue weighted by Crippen LogP contribution is -2.38. The van der Waals surface area contributed by atoms with Gasteiger partial charge >= 0.3 is 6.03 Å². The number of anilines is 1. The molecule has 0 radical (unpaired) electrons. The van der Waals surface area contributed by atoms with Crippen LogP contribution in [0.5, 0.6) is 0 Å². The Labute approximate surface area is 170 Å². The van der Waals surface area contributed by atoms with Crippen molar-refractivity contribution in [2.75, 3.05) is 11.9 Å². The van der Waals surface area contributed by atoms with Crippen molar-refractivity contribution < 1.29 is 18.8 Å². The molecule has 152 valence electrons. The molecular formula is C20H17FN6O3. The monoisotopic (exact) mass is 408 g/mol. The molecule has 1 aromatic carbocycles. The lowest BCUT2D eigenvalue weighted by molar-refractivity contribution is 0.151. The molecule has 5 rings (SSSR count). The Morgan fingerprint density at radius 3 is 3.13 bits per heavy atom. The first kappa shape index (κ1) is 18.3. The van der Waals surface area contributed by atoms with Gasteiger partial charge in [0.1, 0.15) is 23.8 Å². The van der Waals surface area contributed by atoms with E-state index in [-0.39, 0.29) is 11.6 Å². The number of halogens is 1. The lowest BCUT2D eigenvalue weighted by Gasteiger charge is -2.27. The molecule has 2 amide bonds. The van der Waals surface area contributed by atoms with Crippen molar-refractivity contribution >= 4 is 11.7 Å². The Hall–Kier alpha value is -3.71. The van der Waals surface area contributed by atoms with Crippen LogP contribution in [0.1, 0.15) is 22.4 Å². The number of carbonyl (C=O) groups is 1. The van der Waals surface area contributed by atoms with E-state index in [1.54, 1.807) is 15.7 Å². The summed E-state index contributed by atoms with van der Waals surface area (Å²) < 4.78 is 20.4. The molecule has 1 unspecified atom stereocenters. The van der Waals surface area contributed by atoms with E-state index in [9.17, 15) is 14.3 Å². The zero-order valence-corrected chi connectivity index (χ0v) is 15.8. The normalized spacial score (nSPS) is 17.4. The number of aliphatic hydroxyl groups excluding tert-OH is 1. The van der Waals surface area contributed by atoms with Gasteiger partial charge in [-0.3, -0.25) is 4.68 Å². The van der Waals surface area contributed by atoms with Crippen molar-refractivity contribution in [3.8, 4) is 17.5 Å². The van der Waals surface area contributed by atoms with Gasteiger partial charge in [0.25, 0.3) is 0 Å². The minimum absolute atomic E-state index is 0.132. The van der Waals surface area contributed by atoms with Crippen molar-refractivity contribution in [3.63, 3.8) is 0 Å². The number of urea groups is 1. The van der Waals surface area contributed by atoms with Gasteiger partial charge in [0.05, 0.1) is 36.1 Å². The Kier molecular flexibility index (Phi) is 4.25. The second-order valence-corrected chi connectivity index (χ2v) is 7.41. The van der Waals surface area contributed by atoms with Crippen LogP contribution in [0.4, 0.5) is 14.9 Å². The summed E-state index contributed by atoms with van der Waals surface area (Å²) in [5.41, 5.74) is 4.16. The maximum atomic E-state index is 13.5. The van der Waals surface area contributed by atoms with Gasteiger partial charge in [0.2, 0.25) is 0 Å². The van der Waals surface area contributed by atoms with Crippen molar-refractivity contribution in [1.29, 1.82) is 5.26 Å². The first-order valence-electron chi connectivity index (χ1n) is 9.49. The highest BCUT2D eigenvalue weighted by Gasteiger charge is 2.33. The summed E-state index contributed by atoms with van der Waals surface area (Å²) in [4.78, 5) is 14.4. The number of nitrogens with one attached hydrogen (secondary N) is 1. The standard InChI is InChI=1S/C20H17FN6O3/c21-16-2-1-13(5-11(16)7-22)23-20(29)26-4-3-17-15(9-26)19-18-12(10-30-25-18)6-14(28)8-27(19)24-17/h1-2,5,10,14,28H,3-4,6,8-9H2,(H,23,29). The fourth-order valence-electron chi connectivity index (χ4n) is 4.00. The van der Waals surface area contributed by atoms with E-state index < -0.39 is 11.9 Å². The summed E-state index contributed by atoms with van der Waals surface area (Å²) in [6.45, 7) is 1.11. The van der Waals surface area contributed by atoms with E-state index in [2.05, 4.69) is 15.6 Å². The number of amides is 2. The zero-order valence-electron chi connectivity index (χ0n) is 15.8. The van der Waals surface area contributed by atoms with E-state index >= 15 is 0 Å². The number of benzene rings is 1.